The number of ether oxygens (including phenoxy) is 2. The van der Waals surface area contributed by atoms with Crippen LogP contribution in [0.5, 0.6) is 11.5 Å². The molecule has 1 saturated heterocycles. The standard InChI is InChI=1S/C26H26BrIN2O5/c1-2-34-22-14-17(13-21(27)23(22)35-15-16-8-10-18(28)11-9-16)12-20-24(31)29-26(33)30(25(20)32)19-6-4-3-5-7-19/h8-14,19H,2-7,15H2,1H3,(H,29,31,33). The lowest BCUT2D eigenvalue weighted by Crippen LogP contribution is -2.58. The van der Waals surface area contributed by atoms with E-state index in [0.29, 0.717) is 34.7 Å². The number of hydrogen-bond acceptors (Lipinski definition) is 5. The Hall–Kier alpha value is -2.40. The van der Waals surface area contributed by atoms with Crippen molar-refractivity contribution in [3.8, 4) is 11.5 Å². The molecule has 4 rings (SSSR count). The molecular weight excluding hydrogens is 627 g/mol. The van der Waals surface area contributed by atoms with Gasteiger partial charge in [-0.2, -0.15) is 0 Å². The third kappa shape index (κ3) is 6.06. The summed E-state index contributed by atoms with van der Waals surface area (Å²) in [5.74, 6) is -0.229. The van der Waals surface area contributed by atoms with Crippen molar-refractivity contribution in [1.29, 1.82) is 0 Å². The van der Waals surface area contributed by atoms with Crippen LogP contribution < -0.4 is 14.8 Å². The number of urea groups is 1. The first kappa shape index (κ1) is 25.7. The fraction of sp³-hybridized carbons (Fsp3) is 0.346. The molecule has 0 spiro atoms. The highest BCUT2D eigenvalue weighted by molar-refractivity contribution is 14.1. The number of halogens is 2. The number of barbiturate groups is 1. The van der Waals surface area contributed by atoms with E-state index in [1.807, 2.05) is 31.2 Å². The average molecular weight is 653 g/mol. The van der Waals surface area contributed by atoms with Crippen molar-refractivity contribution in [1.82, 2.24) is 10.2 Å². The van der Waals surface area contributed by atoms with Crippen LogP contribution in [-0.2, 0) is 16.2 Å². The number of hydrogen-bond donors (Lipinski definition) is 1. The van der Waals surface area contributed by atoms with E-state index in [9.17, 15) is 14.4 Å². The SMILES string of the molecule is CCOc1cc(C=C2C(=O)NC(=O)N(C3CCCCC3)C2=O)cc(Br)c1OCc1ccc(I)cc1. The zero-order valence-electron chi connectivity index (χ0n) is 19.3. The smallest absolute Gasteiger partial charge is 0.331 e. The molecule has 0 bridgehead atoms. The van der Waals surface area contributed by atoms with Gasteiger partial charge in [0, 0.05) is 9.61 Å². The second-order valence-electron chi connectivity index (χ2n) is 8.46. The molecule has 1 aliphatic heterocycles. The Kier molecular flexibility index (Phi) is 8.48. The minimum Gasteiger partial charge on any atom is -0.490 e. The van der Waals surface area contributed by atoms with Crippen molar-refractivity contribution < 1.29 is 23.9 Å². The molecule has 1 heterocycles. The van der Waals surface area contributed by atoms with Gasteiger partial charge in [-0.3, -0.25) is 19.8 Å². The number of amides is 4. The van der Waals surface area contributed by atoms with Crippen molar-refractivity contribution in [2.45, 2.75) is 51.7 Å². The highest BCUT2D eigenvalue weighted by Crippen LogP contribution is 2.38. The highest BCUT2D eigenvalue weighted by Gasteiger charge is 2.40. The van der Waals surface area contributed by atoms with E-state index in [-0.39, 0.29) is 11.6 Å². The maximum atomic E-state index is 13.2. The summed E-state index contributed by atoms with van der Waals surface area (Å²) in [5.41, 5.74) is 1.53. The first-order valence-electron chi connectivity index (χ1n) is 11.6. The van der Waals surface area contributed by atoms with Gasteiger partial charge in [0.25, 0.3) is 11.8 Å². The largest absolute Gasteiger partial charge is 0.490 e. The van der Waals surface area contributed by atoms with E-state index in [4.69, 9.17) is 9.47 Å². The van der Waals surface area contributed by atoms with Crippen molar-refractivity contribution in [3.63, 3.8) is 0 Å². The van der Waals surface area contributed by atoms with Crippen LogP contribution in [0.4, 0.5) is 4.79 Å². The lowest BCUT2D eigenvalue weighted by Gasteiger charge is -2.35. The molecule has 0 atom stereocenters. The van der Waals surface area contributed by atoms with Gasteiger partial charge in [0.2, 0.25) is 0 Å². The summed E-state index contributed by atoms with van der Waals surface area (Å²) in [6, 6.07) is 10.7. The summed E-state index contributed by atoms with van der Waals surface area (Å²) >= 11 is 5.80. The maximum Gasteiger partial charge on any atom is 0.331 e. The van der Waals surface area contributed by atoms with Gasteiger partial charge in [0.05, 0.1) is 11.1 Å². The van der Waals surface area contributed by atoms with Crippen LogP contribution in [-0.4, -0.2) is 35.4 Å². The van der Waals surface area contributed by atoms with E-state index >= 15 is 0 Å². The maximum absolute atomic E-state index is 13.2. The normalized spacial score (nSPS) is 18.1. The van der Waals surface area contributed by atoms with E-state index in [0.717, 1.165) is 41.2 Å². The lowest BCUT2D eigenvalue weighted by molar-refractivity contribution is -0.132. The number of rotatable bonds is 7. The molecule has 2 fully saturated rings. The number of nitrogens with one attached hydrogen (secondary N) is 1. The third-order valence-electron chi connectivity index (χ3n) is 6.01. The van der Waals surface area contributed by atoms with Crippen molar-refractivity contribution in [3.05, 3.63) is 61.1 Å². The van der Waals surface area contributed by atoms with Gasteiger partial charge >= 0.3 is 6.03 Å². The van der Waals surface area contributed by atoms with E-state index < -0.39 is 17.8 Å². The molecule has 9 heteroatoms. The van der Waals surface area contributed by atoms with Crippen LogP contribution >= 0.6 is 38.5 Å². The molecular formula is C26H26BrIN2O5. The van der Waals surface area contributed by atoms with E-state index in [2.05, 4.69) is 43.8 Å². The molecule has 184 valence electrons. The molecule has 1 aliphatic carbocycles. The number of carbonyl (C=O) groups excluding carboxylic acids is 3. The molecule has 1 saturated carbocycles. The van der Waals surface area contributed by atoms with Crippen molar-refractivity contribution >= 4 is 62.4 Å². The van der Waals surface area contributed by atoms with Crippen molar-refractivity contribution in [2.24, 2.45) is 0 Å². The Morgan fingerprint density at radius 1 is 1.09 bits per heavy atom. The van der Waals surface area contributed by atoms with Crippen LogP contribution in [0.3, 0.4) is 0 Å². The monoisotopic (exact) mass is 652 g/mol. The topological polar surface area (TPSA) is 84.9 Å². The summed E-state index contributed by atoms with van der Waals surface area (Å²) in [6.45, 7) is 2.64. The molecule has 7 nitrogen and oxygen atoms in total. The molecule has 0 aromatic heterocycles. The lowest BCUT2D eigenvalue weighted by atomic mass is 9.93. The van der Waals surface area contributed by atoms with Crippen LogP contribution in [0.1, 0.15) is 50.2 Å². The summed E-state index contributed by atoms with van der Waals surface area (Å²) in [7, 11) is 0. The number of benzene rings is 2. The minimum atomic E-state index is -0.694. The van der Waals surface area contributed by atoms with Gasteiger partial charge in [-0.15, -0.1) is 0 Å². The number of imide groups is 2. The van der Waals surface area contributed by atoms with Gasteiger partial charge in [-0.1, -0.05) is 31.4 Å². The summed E-state index contributed by atoms with van der Waals surface area (Å²) in [5, 5.41) is 2.33. The molecule has 2 aromatic carbocycles. The van der Waals surface area contributed by atoms with Gasteiger partial charge in [0.1, 0.15) is 12.2 Å². The van der Waals surface area contributed by atoms with Crippen molar-refractivity contribution in [2.75, 3.05) is 6.61 Å². The van der Waals surface area contributed by atoms with Crippen LogP contribution in [0.25, 0.3) is 6.08 Å². The van der Waals surface area contributed by atoms with Gasteiger partial charge in [0.15, 0.2) is 11.5 Å². The molecule has 1 N–H and O–H groups in total. The second kappa shape index (κ2) is 11.6. The van der Waals surface area contributed by atoms with Crippen LogP contribution in [0, 0.1) is 3.57 Å². The average Bonchev–Trinajstić information content (AvgIpc) is 2.83. The fourth-order valence-electron chi connectivity index (χ4n) is 4.32. The van der Waals surface area contributed by atoms with Gasteiger partial charge in [-0.25, -0.2) is 4.79 Å². The minimum absolute atomic E-state index is 0.0721. The molecule has 2 aromatic rings. The van der Waals surface area contributed by atoms with E-state index in [1.54, 1.807) is 12.1 Å². The van der Waals surface area contributed by atoms with Crippen LogP contribution in [0.15, 0.2) is 46.4 Å². The predicted octanol–water partition coefficient (Wildman–Crippen LogP) is 5.83. The molecule has 4 amide bonds. The Morgan fingerprint density at radius 2 is 1.80 bits per heavy atom. The predicted molar refractivity (Wildman–Crippen MR) is 144 cm³/mol. The van der Waals surface area contributed by atoms with Gasteiger partial charge < -0.3 is 9.47 Å². The fourth-order valence-corrected chi connectivity index (χ4v) is 5.25. The molecule has 35 heavy (non-hydrogen) atoms. The summed E-state index contributed by atoms with van der Waals surface area (Å²) in [4.78, 5) is 39.5. The number of carbonyl (C=O) groups is 3. The van der Waals surface area contributed by atoms with Gasteiger partial charge in [-0.05, 0) is 99.8 Å². The zero-order chi connectivity index (χ0) is 24.9. The highest BCUT2D eigenvalue weighted by atomic mass is 127. The first-order valence-corrected chi connectivity index (χ1v) is 13.5. The number of nitrogens with zero attached hydrogens (tertiary/aromatic N) is 1. The quantitative estimate of drug-likeness (QED) is 0.231. The third-order valence-corrected chi connectivity index (χ3v) is 7.32. The van der Waals surface area contributed by atoms with Crippen LogP contribution in [0.2, 0.25) is 0 Å². The zero-order valence-corrected chi connectivity index (χ0v) is 23.1. The first-order chi connectivity index (χ1) is 16.9. The molecule has 0 radical (unpaired) electrons. The molecule has 2 aliphatic rings. The Balaban J connectivity index is 1.61. The Labute approximate surface area is 226 Å². The second-order valence-corrected chi connectivity index (χ2v) is 10.6. The van der Waals surface area contributed by atoms with E-state index in [1.165, 1.54) is 11.0 Å². The Bertz CT molecular complexity index is 1160. The summed E-state index contributed by atoms with van der Waals surface area (Å²) in [6.07, 6.45) is 6.02. The summed E-state index contributed by atoms with van der Waals surface area (Å²) < 4.78 is 13.6. The Morgan fingerprint density at radius 3 is 2.49 bits per heavy atom. The molecule has 0 unspecified atom stereocenters.